The molecule has 5 nitrogen and oxygen atoms in total. The van der Waals surface area contributed by atoms with Gasteiger partial charge in [-0.15, -0.1) is 0 Å². The van der Waals surface area contributed by atoms with Crippen molar-refractivity contribution >= 4 is 0 Å². The molecule has 2 aliphatic rings. The molecule has 3 atom stereocenters. The van der Waals surface area contributed by atoms with E-state index < -0.39 is 0 Å². The Morgan fingerprint density at radius 1 is 1.31 bits per heavy atom. The van der Waals surface area contributed by atoms with Crippen molar-refractivity contribution in [3.8, 4) is 5.75 Å². The number of methoxy groups -OCH3 is 1. The van der Waals surface area contributed by atoms with Gasteiger partial charge in [-0.1, -0.05) is 6.07 Å². The van der Waals surface area contributed by atoms with Gasteiger partial charge in [-0.2, -0.15) is 5.10 Å². The van der Waals surface area contributed by atoms with Crippen LogP contribution < -0.4 is 10.1 Å². The summed E-state index contributed by atoms with van der Waals surface area (Å²) >= 11 is 0. The Morgan fingerprint density at radius 3 is 2.88 bits per heavy atom. The van der Waals surface area contributed by atoms with Crippen LogP contribution >= 0.6 is 0 Å². The highest BCUT2D eigenvalue weighted by Gasteiger charge is 2.34. The Kier molecular flexibility index (Phi) is 4.76. The third-order valence-electron chi connectivity index (χ3n) is 6.12. The number of aryl methyl sites for hydroxylation is 3. The Labute approximate surface area is 155 Å². The molecule has 2 heterocycles. The molecule has 0 radical (unpaired) electrons. The summed E-state index contributed by atoms with van der Waals surface area (Å²) in [6.45, 7) is 6.04. The summed E-state index contributed by atoms with van der Waals surface area (Å²) in [6, 6.07) is 6.88. The zero-order valence-corrected chi connectivity index (χ0v) is 16.2. The molecular weight excluding hydrogens is 326 g/mol. The standard InChI is InChI=1S/C21H29N3O2/c1-13-20(14(2)24(3)23-13)21-16(9-10-26-21)12-22-19-8-6-15-5-7-17(25-4)11-18(15)19/h5,7,11,16,19,21-22H,6,8-10,12H2,1-4H3/t16-,19?,21+/m1/s1. The van der Waals surface area contributed by atoms with Gasteiger partial charge in [0.05, 0.1) is 18.9 Å². The number of benzene rings is 1. The molecule has 1 unspecified atom stereocenters. The third-order valence-corrected chi connectivity index (χ3v) is 6.12. The van der Waals surface area contributed by atoms with Gasteiger partial charge >= 0.3 is 0 Å². The molecule has 1 fully saturated rings. The number of ether oxygens (including phenoxy) is 2. The first kappa shape index (κ1) is 17.6. The number of aromatic nitrogens is 2. The average molecular weight is 355 g/mol. The van der Waals surface area contributed by atoms with Crippen LogP contribution in [0, 0.1) is 19.8 Å². The molecular formula is C21H29N3O2. The van der Waals surface area contributed by atoms with Crippen LogP contribution in [-0.4, -0.2) is 30.0 Å². The predicted molar refractivity (Wildman–Crippen MR) is 102 cm³/mol. The quantitative estimate of drug-likeness (QED) is 0.893. The van der Waals surface area contributed by atoms with E-state index in [1.165, 1.54) is 22.4 Å². The van der Waals surface area contributed by atoms with Gasteiger partial charge in [0.15, 0.2) is 0 Å². The van der Waals surface area contributed by atoms with Crippen molar-refractivity contribution in [2.24, 2.45) is 13.0 Å². The molecule has 2 aromatic rings. The lowest BCUT2D eigenvalue weighted by atomic mass is 9.93. The minimum atomic E-state index is 0.155. The lowest BCUT2D eigenvalue weighted by Crippen LogP contribution is -2.28. The van der Waals surface area contributed by atoms with Gasteiger partial charge < -0.3 is 14.8 Å². The lowest BCUT2D eigenvalue weighted by molar-refractivity contribution is 0.0887. The SMILES string of the molecule is COc1ccc2c(c1)C(NC[C@H]1CCO[C@@H]1c1c(C)nn(C)c1C)CC2. The minimum absolute atomic E-state index is 0.155. The van der Waals surface area contributed by atoms with Gasteiger partial charge in [-0.3, -0.25) is 4.68 Å². The van der Waals surface area contributed by atoms with E-state index in [-0.39, 0.29) is 6.10 Å². The second-order valence-corrected chi connectivity index (χ2v) is 7.61. The van der Waals surface area contributed by atoms with Crippen molar-refractivity contribution in [2.75, 3.05) is 20.3 Å². The van der Waals surface area contributed by atoms with Crippen molar-refractivity contribution in [1.82, 2.24) is 15.1 Å². The number of hydrogen-bond donors (Lipinski definition) is 1. The number of rotatable bonds is 5. The first-order valence-corrected chi connectivity index (χ1v) is 9.60. The van der Waals surface area contributed by atoms with E-state index in [4.69, 9.17) is 9.47 Å². The van der Waals surface area contributed by atoms with Crippen molar-refractivity contribution in [3.05, 3.63) is 46.3 Å². The number of nitrogens with zero attached hydrogens (tertiary/aromatic N) is 2. The topological polar surface area (TPSA) is 48.3 Å². The molecule has 0 amide bonds. The van der Waals surface area contributed by atoms with Gasteiger partial charge in [0.25, 0.3) is 0 Å². The Bertz CT molecular complexity index is 799. The highest BCUT2D eigenvalue weighted by Crippen LogP contribution is 2.39. The molecule has 4 rings (SSSR count). The molecule has 0 bridgehead atoms. The molecule has 1 aromatic heterocycles. The Hall–Kier alpha value is -1.85. The lowest BCUT2D eigenvalue weighted by Gasteiger charge is -2.22. The third kappa shape index (κ3) is 3.03. The van der Waals surface area contributed by atoms with E-state index in [1.807, 2.05) is 11.7 Å². The smallest absolute Gasteiger partial charge is 0.119 e. The summed E-state index contributed by atoms with van der Waals surface area (Å²) in [5.74, 6) is 1.44. The highest BCUT2D eigenvalue weighted by atomic mass is 16.5. The van der Waals surface area contributed by atoms with Gasteiger partial charge in [0, 0.05) is 43.4 Å². The molecule has 26 heavy (non-hydrogen) atoms. The maximum atomic E-state index is 6.13. The van der Waals surface area contributed by atoms with Crippen LogP contribution in [0.2, 0.25) is 0 Å². The van der Waals surface area contributed by atoms with E-state index in [0.717, 1.165) is 43.9 Å². The molecule has 1 saturated heterocycles. The van der Waals surface area contributed by atoms with Crippen LogP contribution in [0.25, 0.3) is 0 Å². The molecule has 1 N–H and O–H groups in total. The number of hydrogen-bond acceptors (Lipinski definition) is 4. The minimum Gasteiger partial charge on any atom is -0.497 e. The van der Waals surface area contributed by atoms with Gasteiger partial charge in [-0.25, -0.2) is 0 Å². The summed E-state index contributed by atoms with van der Waals surface area (Å²) < 4.78 is 13.5. The average Bonchev–Trinajstić information content (AvgIpc) is 3.31. The first-order valence-electron chi connectivity index (χ1n) is 9.60. The summed E-state index contributed by atoms with van der Waals surface area (Å²) in [5.41, 5.74) is 6.44. The fourth-order valence-electron chi connectivity index (χ4n) is 4.58. The maximum absolute atomic E-state index is 6.13. The van der Waals surface area contributed by atoms with Crippen molar-refractivity contribution < 1.29 is 9.47 Å². The van der Waals surface area contributed by atoms with Crippen molar-refractivity contribution in [2.45, 2.75) is 45.3 Å². The molecule has 5 heteroatoms. The van der Waals surface area contributed by atoms with Crippen LogP contribution in [0.5, 0.6) is 5.75 Å². The zero-order chi connectivity index (χ0) is 18.3. The maximum Gasteiger partial charge on any atom is 0.119 e. The van der Waals surface area contributed by atoms with Crippen LogP contribution in [0.1, 0.15) is 53.1 Å². The largest absolute Gasteiger partial charge is 0.497 e. The normalized spacial score (nSPS) is 24.8. The van der Waals surface area contributed by atoms with Crippen molar-refractivity contribution in [1.29, 1.82) is 0 Å². The summed E-state index contributed by atoms with van der Waals surface area (Å²) in [5, 5.41) is 8.39. The second-order valence-electron chi connectivity index (χ2n) is 7.61. The molecule has 1 aliphatic heterocycles. The van der Waals surface area contributed by atoms with E-state index >= 15 is 0 Å². The van der Waals surface area contributed by atoms with Gasteiger partial charge in [-0.05, 0) is 56.4 Å². The van der Waals surface area contributed by atoms with Crippen LogP contribution in [0.15, 0.2) is 18.2 Å². The molecule has 0 spiro atoms. The fourth-order valence-corrected chi connectivity index (χ4v) is 4.58. The zero-order valence-electron chi connectivity index (χ0n) is 16.2. The summed E-state index contributed by atoms with van der Waals surface area (Å²) in [6.07, 6.45) is 3.56. The van der Waals surface area contributed by atoms with E-state index in [9.17, 15) is 0 Å². The first-order chi connectivity index (χ1) is 12.6. The van der Waals surface area contributed by atoms with Gasteiger partial charge in [0.1, 0.15) is 5.75 Å². The molecule has 1 aromatic carbocycles. The van der Waals surface area contributed by atoms with Gasteiger partial charge in [0.2, 0.25) is 0 Å². The van der Waals surface area contributed by atoms with E-state index in [2.05, 4.69) is 42.5 Å². The number of nitrogens with one attached hydrogen (secondary N) is 1. The predicted octanol–water partition coefficient (Wildman–Crippen LogP) is 3.40. The number of fused-ring (bicyclic) bond motifs is 1. The van der Waals surface area contributed by atoms with E-state index in [0.29, 0.717) is 12.0 Å². The Morgan fingerprint density at radius 2 is 2.15 bits per heavy atom. The molecule has 140 valence electrons. The Balaban J connectivity index is 1.47. The van der Waals surface area contributed by atoms with Crippen LogP contribution in [0.3, 0.4) is 0 Å². The monoisotopic (exact) mass is 355 g/mol. The second kappa shape index (κ2) is 7.05. The molecule has 1 aliphatic carbocycles. The molecule has 0 saturated carbocycles. The fraction of sp³-hybridized carbons (Fsp3) is 0.571. The highest BCUT2D eigenvalue weighted by molar-refractivity contribution is 5.40. The van der Waals surface area contributed by atoms with Crippen LogP contribution in [0.4, 0.5) is 0 Å². The van der Waals surface area contributed by atoms with Crippen LogP contribution in [-0.2, 0) is 18.2 Å². The van der Waals surface area contributed by atoms with Crippen molar-refractivity contribution in [3.63, 3.8) is 0 Å². The summed E-state index contributed by atoms with van der Waals surface area (Å²) in [7, 11) is 3.75. The summed E-state index contributed by atoms with van der Waals surface area (Å²) in [4.78, 5) is 0. The van der Waals surface area contributed by atoms with E-state index in [1.54, 1.807) is 7.11 Å².